The van der Waals surface area contributed by atoms with Gasteiger partial charge in [0.25, 0.3) is 11.6 Å². The molecule has 0 radical (unpaired) electrons. The number of amides is 1. The van der Waals surface area contributed by atoms with E-state index in [0.717, 1.165) is 0 Å². The highest BCUT2D eigenvalue weighted by atomic mass is 16.6. The summed E-state index contributed by atoms with van der Waals surface area (Å²) in [4.78, 5) is 23.6. The van der Waals surface area contributed by atoms with Gasteiger partial charge in [-0.05, 0) is 19.9 Å². The van der Waals surface area contributed by atoms with Crippen LogP contribution in [0, 0.1) is 10.1 Å². The zero-order chi connectivity index (χ0) is 12.1. The van der Waals surface area contributed by atoms with Crippen molar-refractivity contribution in [3.05, 3.63) is 39.9 Å². The summed E-state index contributed by atoms with van der Waals surface area (Å²) in [6, 6.07) is 5.79. The first kappa shape index (κ1) is 12.2. The highest BCUT2D eigenvalue weighted by Crippen LogP contribution is 2.14. The van der Waals surface area contributed by atoms with Gasteiger partial charge in [0.15, 0.2) is 0 Å². The second kappa shape index (κ2) is 5.25. The molecule has 1 aromatic rings. The molecule has 0 N–H and O–H groups in total. The Hall–Kier alpha value is -1.91. The van der Waals surface area contributed by atoms with Crippen molar-refractivity contribution in [1.29, 1.82) is 0 Å². The fraction of sp³-hybridized carbons (Fsp3) is 0.364. The first-order chi connectivity index (χ1) is 7.60. The van der Waals surface area contributed by atoms with E-state index < -0.39 is 4.92 Å². The SMILES string of the molecule is CCN(CC)C(=O)c1cccc([N+](=O)[O-])c1. The topological polar surface area (TPSA) is 63.5 Å². The van der Waals surface area contributed by atoms with Crippen molar-refractivity contribution >= 4 is 11.6 Å². The van der Waals surface area contributed by atoms with Gasteiger partial charge in [0.1, 0.15) is 0 Å². The van der Waals surface area contributed by atoms with Crippen LogP contribution in [-0.2, 0) is 0 Å². The Morgan fingerprint density at radius 2 is 2.00 bits per heavy atom. The van der Waals surface area contributed by atoms with Crippen LogP contribution in [0.1, 0.15) is 24.2 Å². The van der Waals surface area contributed by atoms with E-state index in [-0.39, 0.29) is 11.6 Å². The molecule has 0 heterocycles. The average Bonchev–Trinajstić information content (AvgIpc) is 2.30. The van der Waals surface area contributed by atoms with Gasteiger partial charge in [-0.3, -0.25) is 14.9 Å². The molecule has 0 aliphatic carbocycles. The monoisotopic (exact) mass is 222 g/mol. The van der Waals surface area contributed by atoms with Gasteiger partial charge in [0.05, 0.1) is 4.92 Å². The zero-order valence-corrected chi connectivity index (χ0v) is 9.34. The lowest BCUT2D eigenvalue weighted by molar-refractivity contribution is -0.384. The first-order valence-corrected chi connectivity index (χ1v) is 5.13. The third-order valence-electron chi connectivity index (χ3n) is 2.35. The van der Waals surface area contributed by atoms with Gasteiger partial charge in [0.2, 0.25) is 0 Å². The highest BCUT2D eigenvalue weighted by Gasteiger charge is 2.15. The van der Waals surface area contributed by atoms with Crippen LogP contribution in [0.3, 0.4) is 0 Å². The molecule has 5 nitrogen and oxygen atoms in total. The van der Waals surface area contributed by atoms with Crippen LogP contribution in [0.15, 0.2) is 24.3 Å². The number of rotatable bonds is 4. The van der Waals surface area contributed by atoms with Crippen LogP contribution in [0.4, 0.5) is 5.69 Å². The van der Waals surface area contributed by atoms with E-state index >= 15 is 0 Å². The maximum Gasteiger partial charge on any atom is 0.270 e. The van der Waals surface area contributed by atoms with Crippen molar-refractivity contribution in [3.8, 4) is 0 Å². The molecule has 0 unspecified atom stereocenters. The Morgan fingerprint density at radius 3 is 2.50 bits per heavy atom. The van der Waals surface area contributed by atoms with Crippen molar-refractivity contribution in [1.82, 2.24) is 4.90 Å². The Labute approximate surface area is 93.8 Å². The number of non-ortho nitro benzene ring substituents is 1. The van der Waals surface area contributed by atoms with Crippen molar-refractivity contribution in [2.75, 3.05) is 13.1 Å². The number of nitro groups is 1. The molecule has 0 saturated carbocycles. The molecule has 0 spiro atoms. The molecule has 0 fully saturated rings. The Kier molecular flexibility index (Phi) is 3.99. The van der Waals surface area contributed by atoms with Gasteiger partial charge in [-0.1, -0.05) is 6.07 Å². The van der Waals surface area contributed by atoms with E-state index in [0.29, 0.717) is 18.7 Å². The molecule has 1 aromatic carbocycles. The number of hydrogen-bond donors (Lipinski definition) is 0. The summed E-state index contributed by atoms with van der Waals surface area (Å²) in [5.41, 5.74) is 0.302. The lowest BCUT2D eigenvalue weighted by Gasteiger charge is -2.18. The average molecular weight is 222 g/mol. The molecule has 16 heavy (non-hydrogen) atoms. The number of benzene rings is 1. The smallest absolute Gasteiger partial charge is 0.270 e. The third-order valence-corrected chi connectivity index (χ3v) is 2.35. The summed E-state index contributed by atoms with van der Waals surface area (Å²) in [6.07, 6.45) is 0. The molecule has 86 valence electrons. The van der Waals surface area contributed by atoms with Crippen molar-refractivity contribution in [2.45, 2.75) is 13.8 Å². The van der Waals surface area contributed by atoms with Crippen molar-refractivity contribution in [2.24, 2.45) is 0 Å². The standard InChI is InChI=1S/C11H14N2O3/c1-3-12(4-2)11(14)9-6-5-7-10(8-9)13(15)16/h5-8H,3-4H2,1-2H3. The van der Waals surface area contributed by atoms with Gasteiger partial charge in [-0.25, -0.2) is 0 Å². The summed E-state index contributed by atoms with van der Waals surface area (Å²) in [5.74, 6) is -0.172. The van der Waals surface area contributed by atoms with Gasteiger partial charge < -0.3 is 4.90 Å². The zero-order valence-electron chi connectivity index (χ0n) is 9.34. The molecule has 0 bridgehead atoms. The summed E-state index contributed by atoms with van der Waals surface area (Å²) >= 11 is 0. The van der Waals surface area contributed by atoms with Crippen LogP contribution in [0.5, 0.6) is 0 Å². The van der Waals surface area contributed by atoms with Crippen LogP contribution in [0.25, 0.3) is 0 Å². The van der Waals surface area contributed by atoms with E-state index in [1.807, 2.05) is 13.8 Å². The lowest BCUT2D eigenvalue weighted by Crippen LogP contribution is -2.30. The molecule has 0 aromatic heterocycles. The number of carbonyl (C=O) groups excluding carboxylic acids is 1. The van der Waals surface area contributed by atoms with E-state index in [1.165, 1.54) is 18.2 Å². The molecule has 0 aliphatic rings. The van der Waals surface area contributed by atoms with E-state index in [1.54, 1.807) is 11.0 Å². The van der Waals surface area contributed by atoms with Crippen molar-refractivity contribution in [3.63, 3.8) is 0 Å². The molecule has 0 aliphatic heterocycles. The third kappa shape index (κ3) is 2.56. The largest absolute Gasteiger partial charge is 0.339 e. The molecular formula is C11H14N2O3. The maximum atomic E-state index is 11.9. The van der Waals surface area contributed by atoms with Crippen molar-refractivity contribution < 1.29 is 9.72 Å². The summed E-state index contributed by atoms with van der Waals surface area (Å²) < 4.78 is 0. The van der Waals surface area contributed by atoms with E-state index in [2.05, 4.69) is 0 Å². The van der Waals surface area contributed by atoms with E-state index in [4.69, 9.17) is 0 Å². The minimum absolute atomic E-state index is 0.0574. The predicted molar refractivity (Wildman–Crippen MR) is 60.3 cm³/mol. The second-order valence-corrected chi connectivity index (χ2v) is 3.28. The minimum Gasteiger partial charge on any atom is -0.339 e. The molecular weight excluding hydrogens is 208 g/mol. The summed E-state index contributed by atoms with van der Waals surface area (Å²) in [7, 11) is 0. The molecule has 1 rings (SSSR count). The normalized spacial score (nSPS) is 9.88. The van der Waals surface area contributed by atoms with Gasteiger partial charge in [0, 0.05) is 30.8 Å². The quantitative estimate of drug-likeness (QED) is 0.578. The van der Waals surface area contributed by atoms with Crippen LogP contribution in [0.2, 0.25) is 0 Å². The number of carbonyl (C=O) groups is 1. The van der Waals surface area contributed by atoms with Gasteiger partial charge in [-0.15, -0.1) is 0 Å². The first-order valence-electron chi connectivity index (χ1n) is 5.13. The molecule has 0 saturated heterocycles. The fourth-order valence-corrected chi connectivity index (χ4v) is 1.45. The van der Waals surface area contributed by atoms with Crippen LogP contribution >= 0.6 is 0 Å². The lowest BCUT2D eigenvalue weighted by atomic mass is 10.2. The van der Waals surface area contributed by atoms with Gasteiger partial charge >= 0.3 is 0 Å². The fourth-order valence-electron chi connectivity index (χ4n) is 1.45. The van der Waals surface area contributed by atoms with E-state index in [9.17, 15) is 14.9 Å². The number of hydrogen-bond acceptors (Lipinski definition) is 3. The Morgan fingerprint density at radius 1 is 1.38 bits per heavy atom. The maximum absolute atomic E-state index is 11.9. The summed E-state index contributed by atoms with van der Waals surface area (Å²) in [5, 5.41) is 10.6. The summed E-state index contributed by atoms with van der Waals surface area (Å²) in [6.45, 7) is 4.94. The van der Waals surface area contributed by atoms with Crippen LogP contribution in [-0.4, -0.2) is 28.8 Å². The molecule has 0 atom stereocenters. The minimum atomic E-state index is -0.501. The second-order valence-electron chi connectivity index (χ2n) is 3.28. The predicted octanol–water partition coefficient (Wildman–Crippen LogP) is 2.08. The molecule has 1 amide bonds. The Balaban J connectivity index is 3.00. The number of nitrogens with zero attached hydrogens (tertiary/aromatic N) is 2. The molecule has 5 heteroatoms. The Bertz CT molecular complexity index is 400. The van der Waals surface area contributed by atoms with Gasteiger partial charge in [-0.2, -0.15) is 0 Å². The number of nitro benzene ring substituents is 1. The highest BCUT2D eigenvalue weighted by molar-refractivity contribution is 5.94. The van der Waals surface area contributed by atoms with Crippen LogP contribution < -0.4 is 0 Å².